The van der Waals surface area contributed by atoms with E-state index in [0.29, 0.717) is 5.56 Å². The summed E-state index contributed by atoms with van der Waals surface area (Å²) < 4.78 is 40.9. The summed E-state index contributed by atoms with van der Waals surface area (Å²) in [7, 11) is 0. The minimum absolute atomic E-state index is 0.0179. The van der Waals surface area contributed by atoms with E-state index in [0.717, 1.165) is 0 Å². The van der Waals surface area contributed by atoms with Crippen molar-refractivity contribution in [1.29, 1.82) is 0 Å². The van der Waals surface area contributed by atoms with E-state index in [9.17, 15) is 18.3 Å². The fourth-order valence-electron chi connectivity index (χ4n) is 1.16. The lowest BCUT2D eigenvalue weighted by molar-refractivity contribution is -0.210. The van der Waals surface area contributed by atoms with Gasteiger partial charge in [0.2, 0.25) is 0 Å². The predicted molar refractivity (Wildman–Crippen MR) is 59.6 cm³/mol. The lowest BCUT2D eigenvalue weighted by Gasteiger charge is -2.16. The Morgan fingerprint density at radius 3 is 2.39 bits per heavy atom. The smallest absolute Gasteiger partial charge is 0.417 e. The molecule has 0 aliphatic rings. The van der Waals surface area contributed by atoms with E-state index >= 15 is 0 Å². The largest absolute Gasteiger partial charge is 0.489 e. The monoisotopic (exact) mass is 284 g/mol. The number of alkyl halides is 3. The van der Waals surface area contributed by atoms with Crippen LogP contribution in [0.3, 0.4) is 0 Å². The molecule has 0 aliphatic heterocycles. The molecule has 0 spiro atoms. The van der Waals surface area contributed by atoms with Crippen LogP contribution in [0, 0.1) is 0 Å². The van der Waals surface area contributed by atoms with E-state index in [-0.39, 0.29) is 10.8 Å². The van der Waals surface area contributed by atoms with Gasteiger partial charge in [-0.05, 0) is 24.6 Å². The zero-order valence-corrected chi connectivity index (χ0v) is 10.2. The van der Waals surface area contributed by atoms with E-state index in [1.165, 1.54) is 25.1 Å². The molecule has 1 aromatic rings. The molecule has 0 aliphatic carbocycles. The minimum atomic E-state index is -4.73. The number of aliphatic hydroxyl groups is 2. The minimum Gasteiger partial charge on any atom is -0.489 e. The molecule has 0 saturated carbocycles. The summed E-state index contributed by atoms with van der Waals surface area (Å²) in [6, 6.07) is 4.21. The summed E-state index contributed by atoms with van der Waals surface area (Å²) in [6.07, 6.45) is -8.03. The fraction of sp³-hybridized carbons (Fsp3) is 0.455. The van der Waals surface area contributed by atoms with Crippen LogP contribution in [-0.2, 0) is 0 Å². The Balaban J connectivity index is 2.69. The van der Waals surface area contributed by atoms with Crippen LogP contribution < -0.4 is 4.74 Å². The third-order valence-electron chi connectivity index (χ3n) is 2.21. The highest BCUT2D eigenvalue weighted by atomic mass is 35.5. The molecule has 1 aromatic carbocycles. The normalized spacial score (nSPS) is 15.3. The maximum atomic E-state index is 12.0. The Kier molecular flexibility index (Phi) is 4.84. The molecule has 102 valence electrons. The van der Waals surface area contributed by atoms with Crippen LogP contribution in [-0.4, -0.2) is 29.1 Å². The number of ether oxygens (including phenoxy) is 1. The fourth-order valence-corrected chi connectivity index (χ4v) is 1.40. The third-order valence-corrected chi connectivity index (χ3v) is 2.51. The average molecular weight is 285 g/mol. The summed E-state index contributed by atoms with van der Waals surface area (Å²) in [5.74, 6) is 0.0179. The number of hydrogen-bond acceptors (Lipinski definition) is 3. The molecule has 0 heterocycles. The lowest BCUT2D eigenvalue weighted by Crippen LogP contribution is -2.34. The molecule has 2 atom stereocenters. The number of aliphatic hydroxyl groups excluding tert-OH is 2. The maximum absolute atomic E-state index is 12.0. The van der Waals surface area contributed by atoms with Gasteiger partial charge < -0.3 is 14.9 Å². The first-order valence-electron chi connectivity index (χ1n) is 5.07. The molecule has 0 saturated heterocycles. The van der Waals surface area contributed by atoms with Crippen LogP contribution in [0.1, 0.15) is 18.6 Å². The van der Waals surface area contributed by atoms with Gasteiger partial charge in [0.1, 0.15) is 12.4 Å². The van der Waals surface area contributed by atoms with Crippen molar-refractivity contribution in [3.8, 4) is 5.75 Å². The van der Waals surface area contributed by atoms with Crippen molar-refractivity contribution in [2.24, 2.45) is 0 Å². The van der Waals surface area contributed by atoms with Crippen LogP contribution >= 0.6 is 11.6 Å². The summed E-state index contributed by atoms with van der Waals surface area (Å²) in [5, 5.41) is 18.1. The van der Waals surface area contributed by atoms with E-state index < -0.39 is 25.0 Å². The zero-order valence-electron chi connectivity index (χ0n) is 9.41. The highest BCUT2D eigenvalue weighted by molar-refractivity contribution is 6.32. The molecular formula is C11H12ClF3O3. The molecule has 3 nitrogen and oxygen atoms in total. The first-order chi connectivity index (χ1) is 8.21. The summed E-state index contributed by atoms with van der Waals surface area (Å²) >= 11 is 5.77. The van der Waals surface area contributed by atoms with Crippen LogP contribution in [0.5, 0.6) is 5.75 Å². The van der Waals surface area contributed by atoms with E-state index in [4.69, 9.17) is 21.4 Å². The Morgan fingerprint density at radius 2 is 1.94 bits per heavy atom. The van der Waals surface area contributed by atoms with Gasteiger partial charge in [-0.1, -0.05) is 17.7 Å². The number of rotatable bonds is 4. The topological polar surface area (TPSA) is 49.7 Å². The summed E-state index contributed by atoms with van der Waals surface area (Å²) in [6.45, 7) is 0.594. The third kappa shape index (κ3) is 4.04. The van der Waals surface area contributed by atoms with Gasteiger partial charge in [0, 0.05) is 0 Å². The molecule has 2 N–H and O–H groups in total. The van der Waals surface area contributed by atoms with Gasteiger partial charge in [0.15, 0.2) is 6.10 Å². The van der Waals surface area contributed by atoms with E-state index in [1.54, 1.807) is 0 Å². The molecule has 0 bridgehead atoms. The SMILES string of the molecule is C[C@H](O)c1ccc(OCC(O)C(F)(F)F)c(Cl)c1. The highest BCUT2D eigenvalue weighted by Gasteiger charge is 2.38. The molecule has 18 heavy (non-hydrogen) atoms. The molecule has 1 unspecified atom stereocenters. The highest BCUT2D eigenvalue weighted by Crippen LogP contribution is 2.29. The second-order valence-electron chi connectivity index (χ2n) is 3.73. The van der Waals surface area contributed by atoms with Crippen molar-refractivity contribution in [3.05, 3.63) is 28.8 Å². The molecule has 1 rings (SSSR count). The van der Waals surface area contributed by atoms with Crippen molar-refractivity contribution in [1.82, 2.24) is 0 Å². The van der Waals surface area contributed by atoms with Crippen molar-refractivity contribution < 1.29 is 28.1 Å². The van der Waals surface area contributed by atoms with Crippen LogP contribution in [0.25, 0.3) is 0 Å². The van der Waals surface area contributed by atoms with Gasteiger partial charge in [0.25, 0.3) is 0 Å². The lowest BCUT2D eigenvalue weighted by atomic mass is 10.1. The molecule has 0 fully saturated rings. The Labute approximate surface area is 107 Å². The first kappa shape index (κ1) is 15.1. The number of hydrogen-bond donors (Lipinski definition) is 2. The van der Waals surface area contributed by atoms with Gasteiger partial charge in [-0.25, -0.2) is 0 Å². The molecule has 0 amide bonds. The number of benzene rings is 1. The van der Waals surface area contributed by atoms with Crippen LogP contribution in [0.15, 0.2) is 18.2 Å². The molecule has 7 heteroatoms. The molecular weight excluding hydrogens is 273 g/mol. The van der Waals surface area contributed by atoms with E-state index in [1.807, 2.05) is 0 Å². The standard InChI is InChI=1S/C11H12ClF3O3/c1-6(16)7-2-3-9(8(12)4-7)18-5-10(17)11(13,14)15/h2-4,6,10,16-17H,5H2,1H3/t6-,10?/m0/s1. The second kappa shape index (κ2) is 5.77. The quantitative estimate of drug-likeness (QED) is 0.894. The van der Waals surface area contributed by atoms with Crippen LogP contribution in [0.2, 0.25) is 5.02 Å². The van der Waals surface area contributed by atoms with Crippen molar-refractivity contribution >= 4 is 11.6 Å². The Morgan fingerprint density at radius 1 is 1.33 bits per heavy atom. The number of halogens is 4. The van der Waals surface area contributed by atoms with Gasteiger partial charge in [-0.3, -0.25) is 0 Å². The van der Waals surface area contributed by atoms with Gasteiger partial charge in [-0.15, -0.1) is 0 Å². The summed E-state index contributed by atoms with van der Waals surface area (Å²) in [4.78, 5) is 0. The summed E-state index contributed by atoms with van der Waals surface area (Å²) in [5.41, 5.74) is 0.517. The molecule has 0 radical (unpaired) electrons. The predicted octanol–water partition coefficient (Wildman–Crippen LogP) is 2.70. The van der Waals surface area contributed by atoms with Gasteiger partial charge >= 0.3 is 6.18 Å². The van der Waals surface area contributed by atoms with E-state index in [2.05, 4.69) is 0 Å². The van der Waals surface area contributed by atoms with Crippen molar-refractivity contribution in [2.75, 3.05) is 6.61 Å². The average Bonchev–Trinajstić information content (AvgIpc) is 2.25. The zero-order chi connectivity index (χ0) is 13.9. The van der Waals surface area contributed by atoms with Crippen molar-refractivity contribution in [2.45, 2.75) is 25.3 Å². The maximum Gasteiger partial charge on any atom is 0.417 e. The van der Waals surface area contributed by atoms with Crippen LogP contribution in [0.4, 0.5) is 13.2 Å². The first-order valence-corrected chi connectivity index (χ1v) is 5.44. The second-order valence-corrected chi connectivity index (χ2v) is 4.14. The van der Waals surface area contributed by atoms with Gasteiger partial charge in [0.05, 0.1) is 11.1 Å². The Bertz CT molecular complexity index is 407. The molecule has 0 aromatic heterocycles. The van der Waals surface area contributed by atoms with Gasteiger partial charge in [-0.2, -0.15) is 13.2 Å². The van der Waals surface area contributed by atoms with Crippen molar-refractivity contribution in [3.63, 3.8) is 0 Å². The Hall–Kier alpha value is -0.980.